The zero-order valence-corrected chi connectivity index (χ0v) is 8.88. The van der Waals surface area contributed by atoms with Gasteiger partial charge in [-0.05, 0) is 24.3 Å². The van der Waals surface area contributed by atoms with E-state index < -0.39 is 0 Å². The third-order valence-electron chi connectivity index (χ3n) is 2.95. The molecule has 3 aromatic heterocycles. The van der Waals surface area contributed by atoms with Gasteiger partial charge in [-0.15, -0.1) is 0 Å². The van der Waals surface area contributed by atoms with E-state index in [4.69, 9.17) is 0 Å². The lowest BCUT2D eigenvalue weighted by molar-refractivity contribution is 1.32. The Labute approximate surface area is 96.3 Å². The van der Waals surface area contributed by atoms with Gasteiger partial charge in [0, 0.05) is 17.0 Å². The van der Waals surface area contributed by atoms with Crippen LogP contribution in [0.3, 0.4) is 0 Å². The number of aromatic nitrogens is 4. The Balaban J connectivity index is 2.30. The van der Waals surface area contributed by atoms with Crippen LogP contribution in [-0.2, 0) is 0 Å². The van der Waals surface area contributed by atoms with Crippen molar-refractivity contribution < 1.29 is 0 Å². The molecule has 0 aliphatic heterocycles. The second-order valence-corrected chi connectivity index (χ2v) is 3.97. The Morgan fingerprint density at radius 2 is 2.06 bits per heavy atom. The number of hydrogen-bond acceptors (Lipinski definition) is 3. The van der Waals surface area contributed by atoms with E-state index in [0.29, 0.717) is 0 Å². The van der Waals surface area contributed by atoms with Crippen LogP contribution in [0.4, 0.5) is 0 Å². The first kappa shape index (κ1) is 8.64. The van der Waals surface area contributed by atoms with E-state index in [0.717, 1.165) is 33.0 Å². The van der Waals surface area contributed by atoms with Gasteiger partial charge < -0.3 is 4.98 Å². The van der Waals surface area contributed by atoms with Crippen LogP contribution in [0.1, 0.15) is 0 Å². The van der Waals surface area contributed by atoms with Crippen molar-refractivity contribution in [2.45, 2.75) is 0 Å². The average molecular weight is 220 g/mol. The maximum Gasteiger partial charge on any atom is 0.178 e. The lowest BCUT2D eigenvalue weighted by Crippen LogP contribution is -1.85. The summed E-state index contributed by atoms with van der Waals surface area (Å²) in [5.41, 5.74) is 3.62. The number of H-pyrrole nitrogens is 1. The van der Waals surface area contributed by atoms with Gasteiger partial charge in [-0.25, -0.2) is 9.97 Å². The summed E-state index contributed by atoms with van der Waals surface area (Å²) in [6.07, 6.45) is 3.46. The van der Waals surface area contributed by atoms with Gasteiger partial charge in [0.25, 0.3) is 0 Å². The van der Waals surface area contributed by atoms with Crippen molar-refractivity contribution in [1.82, 2.24) is 19.9 Å². The van der Waals surface area contributed by atoms with Crippen LogP contribution in [0.25, 0.3) is 33.0 Å². The second-order valence-electron chi connectivity index (χ2n) is 3.97. The summed E-state index contributed by atoms with van der Waals surface area (Å²) < 4.78 is 0. The molecule has 0 saturated heterocycles. The van der Waals surface area contributed by atoms with E-state index in [-0.39, 0.29) is 0 Å². The highest BCUT2D eigenvalue weighted by Crippen LogP contribution is 2.24. The van der Waals surface area contributed by atoms with Crippen molar-refractivity contribution in [3.63, 3.8) is 0 Å². The molecule has 4 nitrogen and oxygen atoms in total. The molecule has 0 fully saturated rings. The van der Waals surface area contributed by atoms with Gasteiger partial charge in [-0.1, -0.05) is 6.07 Å². The number of rotatable bonds is 0. The van der Waals surface area contributed by atoms with Crippen LogP contribution in [0.2, 0.25) is 0 Å². The maximum atomic E-state index is 4.58. The molecular weight excluding hydrogens is 212 g/mol. The highest BCUT2D eigenvalue weighted by molar-refractivity contribution is 6.06. The van der Waals surface area contributed by atoms with Crippen LogP contribution in [0, 0.1) is 0 Å². The highest BCUT2D eigenvalue weighted by Gasteiger charge is 2.05. The summed E-state index contributed by atoms with van der Waals surface area (Å²) in [5, 5.41) is 2.16. The summed E-state index contributed by atoms with van der Waals surface area (Å²) in [6, 6.07) is 10.1. The number of aromatic amines is 1. The van der Waals surface area contributed by atoms with Crippen molar-refractivity contribution in [1.29, 1.82) is 0 Å². The number of nitrogens with zero attached hydrogens (tertiary/aromatic N) is 3. The fourth-order valence-electron chi connectivity index (χ4n) is 2.15. The molecule has 0 atom stereocenters. The zero-order valence-electron chi connectivity index (χ0n) is 8.88. The summed E-state index contributed by atoms with van der Waals surface area (Å²) in [6.45, 7) is 0. The number of pyridine rings is 2. The summed E-state index contributed by atoms with van der Waals surface area (Å²) in [5.74, 6) is 0. The van der Waals surface area contributed by atoms with Gasteiger partial charge in [-0.3, -0.25) is 4.98 Å². The van der Waals surface area contributed by atoms with Gasteiger partial charge in [0.2, 0.25) is 0 Å². The molecule has 0 amide bonds. The molecule has 4 heteroatoms. The van der Waals surface area contributed by atoms with E-state index in [1.165, 1.54) is 0 Å². The molecule has 4 rings (SSSR count). The molecular formula is C13H8N4. The lowest BCUT2D eigenvalue weighted by Gasteiger charge is -2.01. The summed E-state index contributed by atoms with van der Waals surface area (Å²) in [7, 11) is 0. The molecule has 0 bridgehead atoms. The molecule has 3 heterocycles. The van der Waals surface area contributed by atoms with Crippen LogP contribution < -0.4 is 0 Å². The molecule has 0 radical (unpaired) electrons. The fraction of sp³-hybridized carbons (Fsp3) is 0. The van der Waals surface area contributed by atoms with Crippen molar-refractivity contribution >= 4 is 33.0 Å². The highest BCUT2D eigenvalue weighted by atomic mass is 14.9. The Hall–Kier alpha value is -2.49. The molecule has 1 aromatic carbocycles. The molecule has 0 unspecified atom stereocenters. The number of benzene rings is 1. The Morgan fingerprint density at radius 1 is 1.06 bits per heavy atom. The number of fused-ring (bicyclic) bond motifs is 4. The van der Waals surface area contributed by atoms with Crippen LogP contribution in [0.5, 0.6) is 0 Å². The first-order chi connectivity index (χ1) is 8.42. The topological polar surface area (TPSA) is 54.5 Å². The Bertz CT molecular complexity index is 848. The van der Waals surface area contributed by atoms with Crippen molar-refractivity contribution in [3.05, 3.63) is 42.9 Å². The van der Waals surface area contributed by atoms with Gasteiger partial charge >= 0.3 is 0 Å². The average Bonchev–Trinajstić information content (AvgIpc) is 2.83. The van der Waals surface area contributed by atoms with Gasteiger partial charge in [0.1, 0.15) is 0 Å². The predicted molar refractivity (Wildman–Crippen MR) is 66.7 cm³/mol. The molecule has 17 heavy (non-hydrogen) atoms. The minimum Gasteiger partial charge on any atom is -0.343 e. The van der Waals surface area contributed by atoms with Gasteiger partial charge in [-0.2, -0.15) is 0 Å². The standard InChI is InChI=1S/C13H8N4/c1-2-9-10(14-5-1)4-3-8-6-11-13(16-7-15-11)17-12(8)9/h1-7H,(H,15,16,17). The SMILES string of the molecule is c1cnc2ccc3cc4[nH]cnc4nc3c2c1. The van der Waals surface area contributed by atoms with E-state index in [2.05, 4.69) is 26.0 Å². The van der Waals surface area contributed by atoms with E-state index in [1.807, 2.05) is 24.3 Å². The minimum atomic E-state index is 0.744. The summed E-state index contributed by atoms with van der Waals surface area (Å²) >= 11 is 0. The monoisotopic (exact) mass is 220 g/mol. The van der Waals surface area contributed by atoms with Crippen molar-refractivity contribution in [2.75, 3.05) is 0 Å². The molecule has 4 aromatic rings. The van der Waals surface area contributed by atoms with E-state index in [1.54, 1.807) is 12.5 Å². The number of nitrogens with one attached hydrogen (secondary N) is 1. The Kier molecular flexibility index (Phi) is 1.53. The molecule has 1 N–H and O–H groups in total. The Morgan fingerprint density at radius 3 is 3.06 bits per heavy atom. The molecule has 0 aliphatic rings. The lowest BCUT2D eigenvalue weighted by atomic mass is 10.1. The second kappa shape index (κ2) is 3.01. The molecule has 0 aliphatic carbocycles. The smallest absolute Gasteiger partial charge is 0.178 e. The van der Waals surface area contributed by atoms with Crippen LogP contribution in [-0.4, -0.2) is 19.9 Å². The third-order valence-corrected chi connectivity index (χ3v) is 2.95. The molecule has 80 valence electrons. The van der Waals surface area contributed by atoms with Crippen LogP contribution in [0.15, 0.2) is 42.9 Å². The molecule has 0 spiro atoms. The fourth-order valence-corrected chi connectivity index (χ4v) is 2.15. The summed E-state index contributed by atoms with van der Waals surface area (Å²) in [4.78, 5) is 16.2. The number of hydrogen-bond donors (Lipinski definition) is 1. The van der Waals surface area contributed by atoms with Gasteiger partial charge in [0.15, 0.2) is 5.65 Å². The first-order valence-corrected chi connectivity index (χ1v) is 5.39. The quantitative estimate of drug-likeness (QED) is 0.463. The maximum absolute atomic E-state index is 4.58. The predicted octanol–water partition coefficient (Wildman–Crippen LogP) is 2.66. The van der Waals surface area contributed by atoms with Crippen molar-refractivity contribution in [3.8, 4) is 0 Å². The van der Waals surface area contributed by atoms with E-state index in [9.17, 15) is 0 Å². The van der Waals surface area contributed by atoms with Gasteiger partial charge in [0.05, 0.1) is 22.9 Å². The largest absolute Gasteiger partial charge is 0.343 e. The van der Waals surface area contributed by atoms with Crippen molar-refractivity contribution in [2.24, 2.45) is 0 Å². The normalized spacial score (nSPS) is 11.5. The number of imidazole rings is 1. The van der Waals surface area contributed by atoms with Crippen LogP contribution >= 0.6 is 0 Å². The zero-order chi connectivity index (χ0) is 11.2. The molecule has 0 saturated carbocycles. The third kappa shape index (κ3) is 1.15. The first-order valence-electron chi connectivity index (χ1n) is 5.39. The minimum absolute atomic E-state index is 0.744. The van der Waals surface area contributed by atoms with E-state index >= 15 is 0 Å².